The lowest BCUT2D eigenvalue weighted by atomic mass is 9.73. The molecule has 0 aromatic carbocycles. The topological polar surface area (TPSA) is 75.1 Å². The van der Waals surface area contributed by atoms with Crippen LogP contribution in [0.25, 0.3) is 0 Å². The molecule has 1 aromatic heterocycles. The lowest BCUT2D eigenvalue weighted by molar-refractivity contribution is -0.245. The van der Waals surface area contributed by atoms with Crippen molar-refractivity contribution in [1.82, 2.24) is 9.88 Å². The van der Waals surface area contributed by atoms with Crippen LogP contribution in [-0.4, -0.2) is 77.1 Å². The quantitative estimate of drug-likeness (QED) is 0.750. The number of carbonyl (C=O) groups is 1. The second-order valence-electron chi connectivity index (χ2n) is 11.5. The average Bonchev–Trinajstić information content (AvgIpc) is 3.48. The van der Waals surface area contributed by atoms with Gasteiger partial charge in [-0.15, -0.1) is 0 Å². The first kappa shape index (κ1) is 23.1. The number of carbonyl (C=O) groups excluding carboxylic acids is 1. The van der Waals surface area contributed by atoms with Gasteiger partial charge in [0.25, 0.3) is 5.91 Å². The van der Waals surface area contributed by atoms with Gasteiger partial charge in [-0.2, -0.15) is 0 Å². The summed E-state index contributed by atoms with van der Waals surface area (Å²) in [6.07, 6.45) is 8.19. The smallest absolute Gasteiger partial charge is 0.254 e. The molecule has 7 nitrogen and oxygen atoms in total. The van der Waals surface area contributed by atoms with Crippen LogP contribution in [0.5, 0.6) is 0 Å². The summed E-state index contributed by atoms with van der Waals surface area (Å²) in [5, 5.41) is 10.3. The molecule has 0 saturated carbocycles. The summed E-state index contributed by atoms with van der Waals surface area (Å²) < 4.78 is 12.8. The number of amides is 1. The van der Waals surface area contributed by atoms with E-state index in [9.17, 15) is 9.90 Å². The largest absolute Gasteiger partial charge is 0.390 e. The Balaban J connectivity index is 1.20. The molecule has 5 heterocycles. The van der Waals surface area contributed by atoms with Crippen molar-refractivity contribution in [1.29, 1.82) is 0 Å². The number of piperidine rings is 1. The second kappa shape index (κ2) is 8.51. The molecule has 4 aliphatic heterocycles. The summed E-state index contributed by atoms with van der Waals surface area (Å²) in [6, 6.07) is 3.81. The number of hydrogen-bond acceptors (Lipinski definition) is 6. The van der Waals surface area contributed by atoms with Gasteiger partial charge in [0.15, 0.2) is 0 Å². The van der Waals surface area contributed by atoms with E-state index >= 15 is 0 Å². The molecule has 0 unspecified atom stereocenters. The number of ether oxygens (including phenoxy) is 2. The van der Waals surface area contributed by atoms with Crippen LogP contribution >= 0.6 is 0 Å². The van der Waals surface area contributed by atoms with E-state index in [1.807, 2.05) is 30.9 Å². The predicted octanol–water partition coefficient (Wildman–Crippen LogP) is 3.40. The fourth-order valence-corrected chi connectivity index (χ4v) is 6.28. The van der Waals surface area contributed by atoms with E-state index in [0.717, 1.165) is 76.3 Å². The zero-order valence-electron chi connectivity index (χ0n) is 20.4. The molecule has 1 spiro atoms. The van der Waals surface area contributed by atoms with Gasteiger partial charge in [0.2, 0.25) is 0 Å². The maximum atomic E-state index is 13.2. The van der Waals surface area contributed by atoms with Crippen molar-refractivity contribution in [2.24, 2.45) is 5.41 Å². The van der Waals surface area contributed by atoms with Crippen molar-refractivity contribution in [3.63, 3.8) is 0 Å². The van der Waals surface area contributed by atoms with Gasteiger partial charge in [-0.05, 0) is 83.3 Å². The van der Waals surface area contributed by atoms with Gasteiger partial charge >= 0.3 is 0 Å². The van der Waals surface area contributed by atoms with Crippen LogP contribution in [0.15, 0.2) is 18.3 Å². The molecular weight excluding hydrogens is 418 g/mol. The van der Waals surface area contributed by atoms with Crippen molar-refractivity contribution in [3.05, 3.63) is 23.9 Å². The molecule has 1 aromatic rings. The van der Waals surface area contributed by atoms with E-state index in [1.165, 1.54) is 12.8 Å². The van der Waals surface area contributed by atoms with Gasteiger partial charge in [0.05, 0.1) is 30.0 Å². The van der Waals surface area contributed by atoms with E-state index < -0.39 is 11.7 Å². The summed E-state index contributed by atoms with van der Waals surface area (Å²) in [6.45, 7) is 10.4. The Morgan fingerprint density at radius 2 is 1.85 bits per heavy atom. The maximum absolute atomic E-state index is 13.2. The first-order chi connectivity index (χ1) is 15.7. The minimum atomic E-state index is -0.555. The molecule has 0 bridgehead atoms. The van der Waals surface area contributed by atoms with E-state index in [1.54, 1.807) is 6.20 Å². The minimum Gasteiger partial charge on any atom is -0.390 e. The first-order valence-electron chi connectivity index (χ1n) is 12.7. The fourth-order valence-electron chi connectivity index (χ4n) is 6.28. The number of aliphatic hydroxyl groups excluding tert-OH is 1. The van der Waals surface area contributed by atoms with E-state index in [0.29, 0.717) is 0 Å². The molecular formula is C26H39N3O4. The molecule has 4 fully saturated rings. The molecule has 4 aliphatic rings. The monoisotopic (exact) mass is 457 g/mol. The van der Waals surface area contributed by atoms with Gasteiger partial charge < -0.3 is 24.4 Å². The highest BCUT2D eigenvalue weighted by atomic mass is 16.6. The summed E-state index contributed by atoms with van der Waals surface area (Å²) in [7, 11) is 0. The number of anilines is 1. The highest BCUT2D eigenvalue weighted by Crippen LogP contribution is 2.49. The number of rotatable bonds is 3. The zero-order chi connectivity index (χ0) is 23.3. The van der Waals surface area contributed by atoms with Gasteiger partial charge in [-0.3, -0.25) is 4.79 Å². The summed E-state index contributed by atoms with van der Waals surface area (Å²) in [5.41, 5.74) is -0.0671. The number of nitrogens with zero attached hydrogens (tertiary/aromatic N) is 3. The lowest BCUT2D eigenvalue weighted by Gasteiger charge is -2.48. The molecule has 5 rings (SSSR count). The Morgan fingerprint density at radius 3 is 2.55 bits per heavy atom. The Bertz CT molecular complexity index is 876. The second-order valence-corrected chi connectivity index (χ2v) is 11.5. The predicted molar refractivity (Wildman–Crippen MR) is 126 cm³/mol. The lowest BCUT2D eigenvalue weighted by Crippen LogP contribution is -2.56. The molecule has 7 heteroatoms. The summed E-state index contributed by atoms with van der Waals surface area (Å²) >= 11 is 0. The molecule has 3 atom stereocenters. The third-order valence-corrected chi connectivity index (χ3v) is 8.64. The number of likely N-dealkylation sites (tertiary alicyclic amines) is 1. The molecule has 33 heavy (non-hydrogen) atoms. The van der Waals surface area contributed by atoms with E-state index in [-0.39, 0.29) is 23.0 Å². The van der Waals surface area contributed by atoms with Crippen LogP contribution in [0.1, 0.15) is 76.1 Å². The third kappa shape index (κ3) is 4.40. The number of aliphatic hydroxyl groups is 1. The van der Waals surface area contributed by atoms with Gasteiger partial charge in [0, 0.05) is 37.9 Å². The first-order valence-corrected chi connectivity index (χ1v) is 12.7. The van der Waals surface area contributed by atoms with Gasteiger partial charge in [0.1, 0.15) is 5.82 Å². The Labute approximate surface area is 197 Å². The van der Waals surface area contributed by atoms with E-state index in [4.69, 9.17) is 9.47 Å². The molecule has 1 amide bonds. The van der Waals surface area contributed by atoms with Crippen molar-refractivity contribution in [2.45, 2.75) is 89.1 Å². The van der Waals surface area contributed by atoms with Crippen molar-refractivity contribution < 1.29 is 19.4 Å². The molecule has 4 saturated heterocycles. The average molecular weight is 458 g/mol. The number of hydrogen-bond donors (Lipinski definition) is 1. The molecule has 182 valence electrons. The van der Waals surface area contributed by atoms with Crippen molar-refractivity contribution in [2.75, 3.05) is 37.7 Å². The number of aromatic nitrogens is 1. The third-order valence-electron chi connectivity index (χ3n) is 8.64. The molecule has 1 N–H and O–H groups in total. The van der Waals surface area contributed by atoms with Gasteiger partial charge in [-0.1, -0.05) is 0 Å². The number of pyridine rings is 1. The van der Waals surface area contributed by atoms with Crippen LogP contribution in [-0.2, 0) is 9.47 Å². The van der Waals surface area contributed by atoms with Crippen molar-refractivity contribution >= 4 is 11.7 Å². The van der Waals surface area contributed by atoms with Crippen LogP contribution in [0.4, 0.5) is 5.82 Å². The van der Waals surface area contributed by atoms with Crippen molar-refractivity contribution in [3.8, 4) is 0 Å². The highest BCUT2D eigenvalue weighted by molar-refractivity contribution is 5.95. The maximum Gasteiger partial charge on any atom is 0.254 e. The van der Waals surface area contributed by atoms with Crippen LogP contribution in [0.2, 0.25) is 0 Å². The zero-order valence-corrected chi connectivity index (χ0v) is 20.4. The Kier molecular flexibility index (Phi) is 5.94. The normalized spacial score (nSPS) is 33.6. The van der Waals surface area contributed by atoms with E-state index in [2.05, 4.69) is 16.8 Å². The Hall–Kier alpha value is -1.70. The summed E-state index contributed by atoms with van der Waals surface area (Å²) in [4.78, 5) is 22.0. The fraction of sp³-hybridized carbons (Fsp3) is 0.769. The molecule has 0 aliphatic carbocycles. The van der Waals surface area contributed by atoms with Gasteiger partial charge in [-0.25, -0.2) is 4.98 Å². The summed E-state index contributed by atoms with van der Waals surface area (Å²) in [5.74, 6) is 1.04. The van der Waals surface area contributed by atoms with Crippen LogP contribution in [0, 0.1) is 5.41 Å². The minimum absolute atomic E-state index is 0.0368. The SMILES string of the molecule is CC1(C)O[C@@](C)([C@H]2CC3(CCN(C(=O)c4ccnc(N5CCCC5)c4)CC3)CO2)CC[C@@H]1O. The Morgan fingerprint density at radius 1 is 1.12 bits per heavy atom. The van der Waals surface area contributed by atoms with Crippen LogP contribution < -0.4 is 4.90 Å². The standard InChI is InChI=1S/C26H39N3O4/c1-24(2)20(30)6-8-25(3,33-24)21-17-26(18-32-21)9-14-29(15-10-26)23(31)19-7-11-27-22(16-19)28-12-4-5-13-28/h7,11,16,20-21,30H,4-6,8-10,12-15,17-18H2,1-3H3/t20-,21+,25+/m0/s1. The highest BCUT2D eigenvalue weighted by Gasteiger charge is 2.53. The van der Waals surface area contributed by atoms with Crippen LogP contribution in [0.3, 0.4) is 0 Å². The molecule has 0 radical (unpaired) electrons.